The van der Waals surface area contributed by atoms with Crippen LogP contribution in [0, 0.1) is 0 Å². The third-order valence-corrected chi connectivity index (χ3v) is 5.06. The molecule has 1 amide bonds. The van der Waals surface area contributed by atoms with Crippen molar-refractivity contribution >= 4 is 23.5 Å². The molecule has 0 unspecified atom stereocenters. The maximum Gasteiger partial charge on any atom is 0.246 e. The lowest BCUT2D eigenvalue weighted by Gasteiger charge is -2.35. The summed E-state index contributed by atoms with van der Waals surface area (Å²) in [4.78, 5) is 28.0. The molecule has 2 aromatic carbocycles. The summed E-state index contributed by atoms with van der Waals surface area (Å²) in [6.07, 6.45) is 3.38. The van der Waals surface area contributed by atoms with Gasteiger partial charge in [0.2, 0.25) is 5.91 Å². The molecule has 0 spiro atoms. The summed E-state index contributed by atoms with van der Waals surface area (Å²) >= 11 is 0. The Morgan fingerprint density at radius 3 is 2.14 bits per heavy atom. The molecule has 0 radical (unpaired) electrons. The van der Waals surface area contributed by atoms with Crippen LogP contribution in [0.15, 0.2) is 48.5 Å². The van der Waals surface area contributed by atoms with E-state index in [0.29, 0.717) is 30.2 Å². The smallest absolute Gasteiger partial charge is 0.246 e. The van der Waals surface area contributed by atoms with Crippen molar-refractivity contribution in [1.29, 1.82) is 0 Å². The van der Waals surface area contributed by atoms with Crippen molar-refractivity contribution in [3.63, 3.8) is 0 Å². The minimum Gasteiger partial charge on any atom is -0.493 e. The number of anilines is 1. The van der Waals surface area contributed by atoms with E-state index in [-0.39, 0.29) is 11.7 Å². The third-order valence-electron chi connectivity index (χ3n) is 5.06. The Morgan fingerprint density at radius 2 is 1.55 bits per heavy atom. The van der Waals surface area contributed by atoms with Crippen molar-refractivity contribution < 1.29 is 19.1 Å². The largest absolute Gasteiger partial charge is 0.493 e. The van der Waals surface area contributed by atoms with Gasteiger partial charge in [-0.3, -0.25) is 9.59 Å². The van der Waals surface area contributed by atoms with Crippen molar-refractivity contribution in [1.82, 2.24) is 4.90 Å². The Morgan fingerprint density at radius 1 is 0.897 bits per heavy atom. The highest BCUT2D eigenvalue weighted by atomic mass is 16.5. The summed E-state index contributed by atoms with van der Waals surface area (Å²) in [7, 11) is 3.18. The number of hydrogen-bond acceptors (Lipinski definition) is 5. The molecule has 6 heteroatoms. The van der Waals surface area contributed by atoms with E-state index < -0.39 is 0 Å². The van der Waals surface area contributed by atoms with Crippen LogP contribution in [0.2, 0.25) is 0 Å². The first kappa shape index (κ1) is 20.5. The molecule has 2 aromatic rings. The topological polar surface area (TPSA) is 59.1 Å². The van der Waals surface area contributed by atoms with Gasteiger partial charge in [0.25, 0.3) is 0 Å². The second-order valence-corrected chi connectivity index (χ2v) is 6.86. The highest BCUT2D eigenvalue weighted by molar-refractivity contribution is 5.94. The van der Waals surface area contributed by atoms with Crippen molar-refractivity contribution in [3.8, 4) is 11.5 Å². The van der Waals surface area contributed by atoms with Crippen molar-refractivity contribution in [2.24, 2.45) is 0 Å². The SMILES string of the molecule is COc1ccc(/C=C/C(=O)N2CCN(c3ccc(C(C)=O)cc3)CC2)cc1OC. The van der Waals surface area contributed by atoms with Crippen LogP contribution in [0.3, 0.4) is 0 Å². The summed E-state index contributed by atoms with van der Waals surface area (Å²) in [6, 6.07) is 13.2. The fourth-order valence-corrected chi connectivity index (χ4v) is 3.32. The van der Waals surface area contributed by atoms with Crippen molar-refractivity contribution in [3.05, 3.63) is 59.7 Å². The first-order valence-electron chi connectivity index (χ1n) is 9.57. The van der Waals surface area contributed by atoms with Gasteiger partial charge < -0.3 is 19.3 Å². The fourth-order valence-electron chi connectivity index (χ4n) is 3.32. The highest BCUT2D eigenvalue weighted by Gasteiger charge is 2.20. The van der Waals surface area contributed by atoms with E-state index in [2.05, 4.69) is 4.90 Å². The first-order valence-corrected chi connectivity index (χ1v) is 9.57. The third kappa shape index (κ3) is 4.96. The lowest BCUT2D eigenvalue weighted by molar-refractivity contribution is -0.126. The van der Waals surface area contributed by atoms with E-state index >= 15 is 0 Å². The molecule has 29 heavy (non-hydrogen) atoms. The predicted octanol–water partition coefficient (Wildman–Crippen LogP) is 3.27. The van der Waals surface area contributed by atoms with Gasteiger partial charge >= 0.3 is 0 Å². The van der Waals surface area contributed by atoms with Gasteiger partial charge in [0.15, 0.2) is 17.3 Å². The Labute approximate surface area is 171 Å². The van der Waals surface area contributed by atoms with E-state index in [1.807, 2.05) is 47.4 Å². The van der Waals surface area contributed by atoms with Crippen LogP contribution in [0.4, 0.5) is 5.69 Å². The molecule has 1 aliphatic heterocycles. The molecule has 1 saturated heterocycles. The number of ketones is 1. The minimum atomic E-state index is -0.00800. The molecule has 1 aliphatic rings. The second-order valence-electron chi connectivity index (χ2n) is 6.86. The predicted molar refractivity (Wildman–Crippen MR) is 114 cm³/mol. The van der Waals surface area contributed by atoms with Gasteiger partial charge in [-0.05, 0) is 55.0 Å². The van der Waals surface area contributed by atoms with Gasteiger partial charge in [0.05, 0.1) is 14.2 Å². The molecule has 3 rings (SSSR count). The number of piperazine rings is 1. The number of benzene rings is 2. The Balaban J connectivity index is 1.57. The number of carbonyl (C=O) groups excluding carboxylic acids is 2. The molecule has 0 aromatic heterocycles. The molecule has 6 nitrogen and oxygen atoms in total. The monoisotopic (exact) mass is 394 g/mol. The van der Waals surface area contributed by atoms with Crippen molar-refractivity contribution in [2.45, 2.75) is 6.92 Å². The summed E-state index contributed by atoms with van der Waals surface area (Å²) in [6.45, 7) is 4.40. The number of methoxy groups -OCH3 is 2. The highest BCUT2D eigenvalue weighted by Crippen LogP contribution is 2.28. The number of hydrogen-bond donors (Lipinski definition) is 0. The van der Waals surface area contributed by atoms with Crippen LogP contribution in [0.25, 0.3) is 6.08 Å². The van der Waals surface area contributed by atoms with E-state index in [0.717, 1.165) is 24.3 Å². The van der Waals surface area contributed by atoms with Gasteiger partial charge in [0, 0.05) is 43.5 Å². The summed E-state index contributed by atoms with van der Waals surface area (Å²) < 4.78 is 10.5. The zero-order valence-corrected chi connectivity index (χ0v) is 17.1. The molecule has 1 heterocycles. The van der Waals surface area contributed by atoms with Crippen LogP contribution in [0.1, 0.15) is 22.8 Å². The van der Waals surface area contributed by atoms with E-state index in [9.17, 15) is 9.59 Å². The van der Waals surface area contributed by atoms with Crippen molar-refractivity contribution in [2.75, 3.05) is 45.3 Å². The van der Waals surface area contributed by atoms with Crippen LogP contribution in [-0.2, 0) is 4.79 Å². The van der Waals surface area contributed by atoms with Gasteiger partial charge in [-0.15, -0.1) is 0 Å². The quantitative estimate of drug-likeness (QED) is 0.556. The van der Waals surface area contributed by atoms with Gasteiger partial charge in [-0.25, -0.2) is 0 Å². The zero-order valence-electron chi connectivity index (χ0n) is 17.1. The molecule has 0 N–H and O–H groups in total. The van der Waals surface area contributed by atoms with E-state index in [4.69, 9.17) is 9.47 Å². The molecular weight excluding hydrogens is 368 g/mol. The van der Waals surface area contributed by atoms with Gasteiger partial charge in [0.1, 0.15) is 0 Å². The minimum absolute atomic E-state index is 0.00800. The summed E-state index contributed by atoms with van der Waals surface area (Å²) in [5.74, 6) is 1.34. The number of Topliss-reactive ketones (excluding diaryl/α,β-unsaturated/α-hetero) is 1. The maximum absolute atomic E-state index is 12.5. The molecule has 0 bridgehead atoms. The van der Waals surface area contributed by atoms with Crippen LogP contribution in [-0.4, -0.2) is 57.0 Å². The average Bonchev–Trinajstić information content (AvgIpc) is 2.77. The van der Waals surface area contributed by atoms with Gasteiger partial charge in [-0.1, -0.05) is 6.07 Å². The summed E-state index contributed by atoms with van der Waals surface area (Å²) in [5, 5.41) is 0. The number of amides is 1. The Kier molecular flexibility index (Phi) is 6.54. The fraction of sp³-hybridized carbons (Fsp3) is 0.304. The molecular formula is C23H26N2O4. The number of rotatable bonds is 6. The lowest BCUT2D eigenvalue weighted by Crippen LogP contribution is -2.48. The van der Waals surface area contributed by atoms with E-state index in [1.54, 1.807) is 33.3 Å². The Bertz CT molecular complexity index is 898. The van der Waals surface area contributed by atoms with Gasteiger partial charge in [-0.2, -0.15) is 0 Å². The standard InChI is InChI=1S/C23H26N2O4/c1-17(26)19-6-8-20(9-7-19)24-12-14-25(15-13-24)23(27)11-5-18-4-10-21(28-2)22(16-18)29-3/h4-11,16H,12-15H2,1-3H3/b11-5+. The van der Waals surface area contributed by atoms with Crippen LogP contribution in [0.5, 0.6) is 11.5 Å². The average molecular weight is 394 g/mol. The Hall–Kier alpha value is -3.28. The number of ether oxygens (including phenoxy) is 2. The lowest BCUT2D eigenvalue weighted by atomic mass is 10.1. The number of carbonyl (C=O) groups is 2. The maximum atomic E-state index is 12.5. The normalized spacial score (nSPS) is 14.2. The zero-order chi connectivity index (χ0) is 20.8. The summed E-state index contributed by atoms with van der Waals surface area (Å²) in [5.41, 5.74) is 2.66. The van der Waals surface area contributed by atoms with Crippen LogP contribution < -0.4 is 14.4 Å². The molecule has 152 valence electrons. The van der Waals surface area contributed by atoms with Crippen LogP contribution >= 0.6 is 0 Å². The molecule has 0 aliphatic carbocycles. The molecule has 0 saturated carbocycles. The number of nitrogens with zero attached hydrogens (tertiary/aromatic N) is 2. The molecule has 1 fully saturated rings. The molecule has 0 atom stereocenters. The van der Waals surface area contributed by atoms with E-state index in [1.165, 1.54) is 0 Å². The first-order chi connectivity index (χ1) is 14.0. The second kappa shape index (κ2) is 9.28.